The summed E-state index contributed by atoms with van der Waals surface area (Å²) in [5.74, 6) is 0. The number of benzene rings is 1. The average Bonchev–Trinajstić information content (AvgIpc) is 2.49. The third-order valence-electron chi connectivity index (χ3n) is 3.80. The molecule has 2 heterocycles. The first-order chi connectivity index (χ1) is 10.1. The van der Waals surface area contributed by atoms with Crippen molar-refractivity contribution in [2.24, 2.45) is 0 Å². The molecule has 0 atom stereocenters. The van der Waals surface area contributed by atoms with Crippen molar-refractivity contribution in [2.45, 2.75) is 33.3 Å². The number of rotatable bonds is 3. The average molecular weight is 325 g/mol. The van der Waals surface area contributed by atoms with E-state index >= 15 is 0 Å². The van der Waals surface area contributed by atoms with Crippen LogP contribution in [0.1, 0.15) is 30.2 Å². The summed E-state index contributed by atoms with van der Waals surface area (Å²) in [6, 6.07) is 1.88. The van der Waals surface area contributed by atoms with Crippen molar-refractivity contribution in [3.63, 3.8) is 0 Å². The first-order valence-corrected chi connectivity index (χ1v) is 8.00. The molecule has 1 N–H and O–H groups in total. The lowest BCUT2D eigenvalue weighted by Crippen LogP contribution is -2.16. The van der Waals surface area contributed by atoms with Crippen LogP contribution in [-0.4, -0.2) is 18.1 Å². The number of aryl methyl sites for hydroxylation is 1. The molecule has 112 valence electrons. The van der Waals surface area contributed by atoms with Crippen molar-refractivity contribution in [3.8, 4) is 0 Å². The number of hydrogen-bond acceptors (Lipinski definition) is 3. The van der Waals surface area contributed by atoms with Crippen molar-refractivity contribution in [2.75, 3.05) is 18.5 Å². The van der Waals surface area contributed by atoms with Crippen molar-refractivity contribution < 1.29 is 4.74 Å². The highest BCUT2D eigenvalue weighted by atomic mass is 35.5. The summed E-state index contributed by atoms with van der Waals surface area (Å²) in [5.41, 5.74) is 4.96. The van der Waals surface area contributed by atoms with Crippen LogP contribution in [0.25, 0.3) is 10.9 Å². The Kier molecular flexibility index (Phi) is 4.25. The monoisotopic (exact) mass is 324 g/mol. The summed E-state index contributed by atoms with van der Waals surface area (Å²) in [4.78, 5) is 4.75. The molecule has 0 aliphatic carbocycles. The second-order valence-electron chi connectivity index (χ2n) is 5.35. The van der Waals surface area contributed by atoms with Crippen LogP contribution in [0.5, 0.6) is 0 Å². The lowest BCUT2D eigenvalue weighted by Gasteiger charge is -2.23. The maximum atomic E-state index is 6.55. The predicted octanol–water partition coefficient (Wildman–Crippen LogP) is 4.74. The summed E-state index contributed by atoms with van der Waals surface area (Å²) in [6.07, 6.45) is 1.85. The van der Waals surface area contributed by atoms with E-state index < -0.39 is 0 Å². The van der Waals surface area contributed by atoms with Crippen LogP contribution in [0.15, 0.2) is 6.07 Å². The van der Waals surface area contributed by atoms with Gasteiger partial charge in [-0.3, -0.25) is 4.98 Å². The van der Waals surface area contributed by atoms with Crippen LogP contribution >= 0.6 is 23.2 Å². The highest BCUT2D eigenvalue weighted by molar-refractivity contribution is 6.41. The van der Waals surface area contributed by atoms with E-state index in [0.717, 1.165) is 52.8 Å². The predicted molar refractivity (Wildman–Crippen MR) is 88.6 cm³/mol. The van der Waals surface area contributed by atoms with Gasteiger partial charge < -0.3 is 10.1 Å². The molecule has 0 bridgehead atoms. The quantitative estimate of drug-likeness (QED) is 0.885. The van der Waals surface area contributed by atoms with E-state index in [1.807, 2.05) is 13.0 Å². The van der Waals surface area contributed by atoms with Crippen molar-refractivity contribution in [1.29, 1.82) is 0 Å². The molecule has 1 aliphatic rings. The Morgan fingerprint density at radius 2 is 2.19 bits per heavy atom. The van der Waals surface area contributed by atoms with Gasteiger partial charge in [-0.25, -0.2) is 0 Å². The van der Waals surface area contributed by atoms with Crippen LogP contribution in [0.4, 0.5) is 5.69 Å². The highest BCUT2D eigenvalue weighted by Crippen LogP contribution is 2.40. The molecule has 0 amide bonds. The zero-order valence-electron chi connectivity index (χ0n) is 12.2. The zero-order valence-corrected chi connectivity index (χ0v) is 13.7. The highest BCUT2D eigenvalue weighted by Gasteiger charge is 2.22. The molecule has 0 spiro atoms. The molecule has 1 aliphatic heterocycles. The van der Waals surface area contributed by atoms with Gasteiger partial charge in [0, 0.05) is 23.9 Å². The Labute approximate surface area is 134 Å². The van der Waals surface area contributed by atoms with Gasteiger partial charge >= 0.3 is 0 Å². The molecular weight excluding hydrogens is 307 g/mol. The number of halogens is 2. The lowest BCUT2D eigenvalue weighted by molar-refractivity contribution is 0.110. The number of fused-ring (bicyclic) bond motifs is 2. The largest absolute Gasteiger partial charge is 0.384 e. The van der Waals surface area contributed by atoms with Crippen LogP contribution < -0.4 is 5.32 Å². The van der Waals surface area contributed by atoms with Crippen molar-refractivity contribution in [1.82, 2.24) is 4.98 Å². The minimum atomic E-state index is 0.576. The molecule has 21 heavy (non-hydrogen) atoms. The smallest absolute Gasteiger partial charge is 0.0927 e. The summed E-state index contributed by atoms with van der Waals surface area (Å²) in [6.45, 7) is 6.27. The minimum Gasteiger partial charge on any atom is -0.384 e. The van der Waals surface area contributed by atoms with Crippen LogP contribution in [0, 0.1) is 6.92 Å². The number of hydrogen-bond donors (Lipinski definition) is 1. The maximum absolute atomic E-state index is 6.55. The Morgan fingerprint density at radius 3 is 2.95 bits per heavy atom. The van der Waals surface area contributed by atoms with E-state index in [2.05, 4.69) is 12.2 Å². The van der Waals surface area contributed by atoms with Gasteiger partial charge in [-0.1, -0.05) is 30.1 Å². The van der Waals surface area contributed by atoms with Gasteiger partial charge in [0.1, 0.15) is 0 Å². The topological polar surface area (TPSA) is 34.2 Å². The van der Waals surface area contributed by atoms with E-state index in [4.69, 9.17) is 32.9 Å². The third-order valence-corrected chi connectivity index (χ3v) is 4.58. The maximum Gasteiger partial charge on any atom is 0.0927 e. The van der Waals surface area contributed by atoms with Crippen LogP contribution in [-0.2, 0) is 17.8 Å². The first kappa shape index (κ1) is 14.9. The van der Waals surface area contributed by atoms with Gasteiger partial charge in [-0.05, 0) is 25.0 Å². The summed E-state index contributed by atoms with van der Waals surface area (Å²) in [7, 11) is 0. The fourth-order valence-corrected chi connectivity index (χ4v) is 3.27. The molecule has 2 aromatic rings. The molecule has 0 fully saturated rings. The van der Waals surface area contributed by atoms with E-state index in [1.165, 1.54) is 0 Å². The Morgan fingerprint density at radius 1 is 1.38 bits per heavy atom. The van der Waals surface area contributed by atoms with Gasteiger partial charge in [0.05, 0.1) is 40.2 Å². The standard InChI is InChI=1S/C16H18Cl2N2O/c1-3-5-19-15-10-8-21-6-4-12(10)20-16-11(17)7-9(2)14(18)13(15)16/h7H,3-6,8H2,1-2H3,(H,19,20). The third kappa shape index (κ3) is 2.59. The SMILES string of the molecule is CCCNc1c2c(nc3c(Cl)cc(C)c(Cl)c13)CCOC2. The van der Waals surface area contributed by atoms with Gasteiger partial charge in [0.25, 0.3) is 0 Å². The minimum absolute atomic E-state index is 0.576. The summed E-state index contributed by atoms with van der Waals surface area (Å²) < 4.78 is 5.61. The normalized spacial score (nSPS) is 14.3. The Bertz CT molecular complexity index is 701. The van der Waals surface area contributed by atoms with Crippen LogP contribution in [0.2, 0.25) is 10.0 Å². The second-order valence-corrected chi connectivity index (χ2v) is 6.14. The number of ether oxygens (including phenoxy) is 1. The van der Waals surface area contributed by atoms with E-state index in [0.29, 0.717) is 23.3 Å². The Hall–Kier alpha value is -1.03. The van der Waals surface area contributed by atoms with Gasteiger partial charge in [0.15, 0.2) is 0 Å². The summed E-state index contributed by atoms with van der Waals surface area (Å²) >= 11 is 12.9. The van der Waals surface area contributed by atoms with E-state index in [9.17, 15) is 0 Å². The molecule has 1 aromatic carbocycles. The number of anilines is 1. The Balaban J connectivity index is 2.35. The zero-order chi connectivity index (χ0) is 15.0. The molecule has 0 saturated carbocycles. The summed E-state index contributed by atoms with van der Waals surface area (Å²) in [5, 5.41) is 5.78. The molecule has 3 rings (SSSR count). The number of aromatic nitrogens is 1. The second kappa shape index (κ2) is 5.99. The fraction of sp³-hybridized carbons (Fsp3) is 0.438. The van der Waals surface area contributed by atoms with Gasteiger partial charge in [-0.2, -0.15) is 0 Å². The molecule has 5 heteroatoms. The molecule has 0 unspecified atom stereocenters. The number of pyridine rings is 1. The van der Waals surface area contributed by atoms with E-state index in [-0.39, 0.29) is 0 Å². The van der Waals surface area contributed by atoms with Crippen molar-refractivity contribution >= 4 is 39.8 Å². The number of nitrogens with one attached hydrogen (secondary N) is 1. The molecule has 0 radical (unpaired) electrons. The lowest BCUT2D eigenvalue weighted by atomic mass is 10.0. The fourth-order valence-electron chi connectivity index (χ4n) is 2.73. The van der Waals surface area contributed by atoms with Crippen LogP contribution in [0.3, 0.4) is 0 Å². The molecule has 1 aromatic heterocycles. The van der Waals surface area contributed by atoms with Crippen molar-refractivity contribution in [3.05, 3.63) is 32.9 Å². The molecule has 0 saturated heterocycles. The molecule has 3 nitrogen and oxygen atoms in total. The first-order valence-electron chi connectivity index (χ1n) is 7.25. The van der Waals surface area contributed by atoms with E-state index in [1.54, 1.807) is 0 Å². The molecular formula is C16H18Cl2N2O. The van der Waals surface area contributed by atoms with Gasteiger partial charge in [-0.15, -0.1) is 0 Å². The number of nitrogens with zero attached hydrogens (tertiary/aromatic N) is 1. The van der Waals surface area contributed by atoms with Gasteiger partial charge in [0.2, 0.25) is 0 Å².